The van der Waals surface area contributed by atoms with E-state index in [9.17, 15) is 35.1 Å². The van der Waals surface area contributed by atoms with Gasteiger partial charge >= 0.3 is 5.97 Å². The lowest BCUT2D eigenvalue weighted by Gasteiger charge is -2.40. The third-order valence-corrected chi connectivity index (χ3v) is 20.1. The Bertz CT molecular complexity index is 1610. The summed E-state index contributed by atoms with van der Waals surface area (Å²) in [5, 5.41) is 54.6. The molecule has 0 saturated carbocycles. The van der Waals surface area contributed by atoms with E-state index in [2.05, 4.69) is 31.3 Å². The summed E-state index contributed by atoms with van der Waals surface area (Å²) >= 11 is 0. The molecule has 1 rings (SSSR count). The second-order valence-electron chi connectivity index (χ2n) is 29.2. The summed E-state index contributed by atoms with van der Waals surface area (Å²) in [6, 6.07) is -0.805. The molecule has 556 valence electrons. The van der Waals surface area contributed by atoms with Crippen LogP contribution in [0.1, 0.15) is 431 Å². The smallest absolute Gasteiger partial charge is 0.305 e. The van der Waals surface area contributed by atoms with Gasteiger partial charge in [-0.3, -0.25) is 9.59 Å². The molecule has 0 radical (unpaired) electrons. The highest BCUT2D eigenvalue weighted by Crippen LogP contribution is 2.24. The van der Waals surface area contributed by atoms with E-state index < -0.39 is 49.5 Å². The number of allylic oxidation sites excluding steroid dienone is 3. The molecule has 0 bridgehead atoms. The number of ether oxygens (including phenoxy) is 3. The maximum atomic E-state index is 13.1. The molecule has 0 aromatic heterocycles. The zero-order chi connectivity index (χ0) is 67.9. The quantitative estimate of drug-likeness (QED) is 0.0195. The van der Waals surface area contributed by atoms with Crippen molar-refractivity contribution >= 4 is 11.9 Å². The lowest BCUT2D eigenvalue weighted by atomic mass is 9.99. The molecule has 1 aliphatic heterocycles. The first-order valence-electron chi connectivity index (χ1n) is 41.6. The normalized spacial score (nSPS) is 17.5. The number of rotatable bonds is 75. The molecule has 1 heterocycles. The molecule has 7 atom stereocenters. The first-order valence-corrected chi connectivity index (χ1v) is 41.6. The average molecular weight is 1330 g/mol. The van der Waals surface area contributed by atoms with Gasteiger partial charge in [-0.15, -0.1) is 0 Å². The van der Waals surface area contributed by atoms with Crippen LogP contribution >= 0.6 is 0 Å². The van der Waals surface area contributed by atoms with Crippen molar-refractivity contribution < 1.29 is 49.3 Å². The van der Waals surface area contributed by atoms with Crippen molar-refractivity contribution in [3.05, 3.63) is 24.3 Å². The Hall–Kier alpha value is -1.86. The first-order chi connectivity index (χ1) is 46.2. The van der Waals surface area contributed by atoms with E-state index in [0.717, 1.165) is 57.8 Å². The lowest BCUT2D eigenvalue weighted by molar-refractivity contribution is -0.302. The van der Waals surface area contributed by atoms with Gasteiger partial charge in [0.25, 0.3) is 0 Å². The summed E-state index contributed by atoms with van der Waals surface area (Å²) in [4.78, 5) is 25.2. The number of hydrogen-bond acceptors (Lipinski definition) is 10. The molecule has 94 heavy (non-hydrogen) atoms. The largest absolute Gasteiger partial charge is 0.466 e. The molecule has 7 unspecified atom stereocenters. The number of aliphatic hydroxyl groups is 5. The summed E-state index contributed by atoms with van der Waals surface area (Å²) in [7, 11) is 0. The van der Waals surface area contributed by atoms with Crippen molar-refractivity contribution in [3.63, 3.8) is 0 Å². The highest BCUT2D eigenvalue weighted by atomic mass is 16.7. The van der Waals surface area contributed by atoms with E-state index in [0.29, 0.717) is 19.4 Å². The summed E-state index contributed by atoms with van der Waals surface area (Å²) in [6.45, 7) is 4.39. The minimum Gasteiger partial charge on any atom is -0.466 e. The number of carbonyl (C=O) groups is 2. The van der Waals surface area contributed by atoms with Crippen molar-refractivity contribution in [2.45, 2.75) is 474 Å². The Balaban J connectivity index is 1.86. The molecule has 6 N–H and O–H groups in total. The highest BCUT2D eigenvalue weighted by molar-refractivity contribution is 5.76. The molecule has 1 amide bonds. The van der Waals surface area contributed by atoms with Crippen LogP contribution in [0.4, 0.5) is 0 Å². The van der Waals surface area contributed by atoms with Crippen LogP contribution in [0.2, 0.25) is 0 Å². The van der Waals surface area contributed by atoms with Crippen molar-refractivity contribution in [2.75, 3.05) is 19.8 Å². The van der Waals surface area contributed by atoms with Crippen molar-refractivity contribution in [2.24, 2.45) is 0 Å². The number of nitrogens with one attached hydrogen (secondary N) is 1. The van der Waals surface area contributed by atoms with Crippen molar-refractivity contribution in [3.8, 4) is 0 Å². The fourth-order valence-electron chi connectivity index (χ4n) is 13.6. The van der Waals surface area contributed by atoms with Gasteiger partial charge < -0.3 is 45.1 Å². The summed E-state index contributed by atoms with van der Waals surface area (Å²) in [6.07, 6.45) is 83.7. The molecule has 0 aromatic rings. The minimum absolute atomic E-state index is 0.0106. The van der Waals surface area contributed by atoms with Gasteiger partial charge in [0, 0.05) is 12.8 Å². The molecule has 11 heteroatoms. The van der Waals surface area contributed by atoms with Gasteiger partial charge in [0.2, 0.25) is 5.91 Å². The topological polar surface area (TPSA) is 175 Å². The van der Waals surface area contributed by atoms with Crippen LogP contribution in [-0.2, 0) is 23.8 Å². The second-order valence-corrected chi connectivity index (χ2v) is 29.2. The zero-order valence-corrected chi connectivity index (χ0v) is 62.2. The zero-order valence-electron chi connectivity index (χ0n) is 62.2. The average Bonchev–Trinajstić information content (AvgIpc) is 0.901. The van der Waals surface area contributed by atoms with Gasteiger partial charge in [-0.25, -0.2) is 0 Å². The number of amides is 1. The van der Waals surface area contributed by atoms with Crippen LogP contribution < -0.4 is 5.32 Å². The van der Waals surface area contributed by atoms with Crippen LogP contribution in [0.3, 0.4) is 0 Å². The van der Waals surface area contributed by atoms with Gasteiger partial charge in [0.15, 0.2) is 6.29 Å². The molecule has 11 nitrogen and oxygen atoms in total. The van der Waals surface area contributed by atoms with E-state index >= 15 is 0 Å². The third-order valence-electron chi connectivity index (χ3n) is 20.1. The standard InChI is InChI=1S/C83H159NO10/c1-3-5-7-9-11-13-15-17-47-51-55-59-63-67-71-79(88)92-72-68-64-60-56-52-48-44-42-40-38-36-34-32-30-28-26-24-22-20-18-19-21-23-25-27-29-31-33-35-37-39-41-43-46-50-54-58-62-66-70-78(87)84-75(74-93-83-82(91)81(90)80(89)77(73-85)94-83)76(86)69-65-61-57-53-49-45-16-14-12-10-8-6-4-2/h15,17,65,69,75-77,80-83,85-86,89-91H,3-14,16,18-64,66-68,70-74H2,1-2H3,(H,84,87)/b17-15-,69-65+. The van der Waals surface area contributed by atoms with E-state index in [4.69, 9.17) is 14.2 Å². The van der Waals surface area contributed by atoms with Crippen LogP contribution in [0.15, 0.2) is 24.3 Å². The van der Waals surface area contributed by atoms with Gasteiger partial charge in [-0.05, 0) is 57.8 Å². The Labute approximate surface area is 581 Å². The van der Waals surface area contributed by atoms with E-state index in [1.807, 2.05) is 6.08 Å². The first kappa shape index (κ1) is 90.2. The highest BCUT2D eigenvalue weighted by Gasteiger charge is 2.44. The van der Waals surface area contributed by atoms with E-state index in [1.54, 1.807) is 6.08 Å². The predicted octanol–water partition coefficient (Wildman–Crippen LogP) is 22.7. The maximum Gasteiger partial charge on any atom is 0.305 e. The van der Waals surface area contributed by atoms with Crippen molar-refractivity contribution in [1.29, 1.82) is 0 Å². The lowest BCUT2D eigenvalue weighted by Crippen LogP contribution is -2.60. The van der Waals surface area contributed by atoms with Crippen LogP contribution in [0, 0.1) is 0 Å². The van der Waals surface area contributed by atoms with Gasteiger partial charge in [0.1, 0.15) is 24.4 Å². The summed E-state index contributed by atoms with van der Waals surface area (Å²) in [5.74, 6) is -0.162. The van der Waals surface area contributed by atoms with Gasteiger partial charge in [-0.1, -0.05) is 385 Å². The fourth-order valence-corrected chi connectivity index (χ4v) is 13.6. The molecule has 1 saturated heterocycles. The van der Waals surface area contributed by atoms with Crippen LogP contribution in [-0.4, -0.2) is 100 Å². The van der Waals surface area contributed by atoms with Gasteiger partial charge in [0.05, 0.1) is 32.0 Å². The van der Waals surface area contributed by atoms with E-state index in [-0.39, 0.29) is 18.5 Å². The van der Waals surface area contributed by atoms with E-state index in [1.165, 1.54) is 347 Å². The van der Waals surface area contributed by atoms with Gasteiger partial charge in [-0.2, -0.15) is 0 Å². The number of esters is 1. The Morgan fingerprint density at radius 2 is 0.681 bits per heavy atom. The Morgan fingerprint density at radius 3 is 1.02 bits per heavy atom. The number of aliphatic hydroxyl groups excluding tert-OH is 5. The molecular formula is C83H159NO10. The second kappa shape index (κ2) is 72.4. The third kappa shape index (κ3) is 60.1. The maximum absolute atomic E-state index is 13.1. The van der Waals surface area contributed by atoms with Crippen LogP contribution in [0.5, 0.6) is 0 Å². The Kier molecular flexibility index (Phi) is 69.4. The number of hydrogen-bond donors (Lipinski definition) is 6. The molecular weight excluding hydrogens is 1170 g/mol. The fraction of sp³-hybridized carbons (Fsp3) is 0.928. The summed E-state index contributed by atoms with van der Waals surface area (Å²) in [5.41, 5.74) is 0. The molecule has 0 spiro atoms. The SMILES string of the molecule is CCCCCCC/C=C\CCCCCCCC(=O)OCCCCCCCCCCCCCCCCCCCCCCCCCCCCCCCCCCCCCCCCCC(=O)NC(COC1OC(CO)C(O)C(O)C1O)C(O)/C=C/CCCCCCCCCCCCC. The molecule has 1 aliphatic rings. The number of unbranched alkanes of at least 4 members (excludes halogenated alkanes) is 59. The molecule has 1 fully saturated rings. The monoisotopic (exact) mass is 1330 g/mol. The molecule has 0 aromatic carbocycles. The van der Waals surface area contributed by atoms with Crippen LogP contribution in [0.25, 0.3) is 0 Å². The Morgan fingerprint density at radius 1 is 0.383 bits per heavy atom. The summed E-state index contributed by atoms with van der Waals surface area (Å²) < 4.78 is 16.8. The molecule has 0 aliphatic carbocycles. The predicted molar refractivity (Wildman–Crippen MR) is 398 cm³/mol. The number of carbonyl (C=O) groups excluding carboxylic acids is 2. The van der Waals surface area contributed by atoms with Crippen molar-refractivity contribution in [1.82, 2.24) is 5.32 Å². The minimum atomic E-state index is -1.57.